The standard InChI is InChI=1S/C23H29ClN2O2/c1-3-4-5-6-7-8-23(27)26-25-18(2)20-11-15-22(16-12-20)28-17-19-9-13-21(24)14-10-19/h9-16H,3-8,17H2,1-2H3,(H,26,27)/b25-18+. The third-order valence-corrected chi connectivity index (χ3v) is 4.70. The van der Waals surface area contributed by atoms with Gasteiger partial charge in [0.15, 0.2) is 0 Å². The summed E-state index contributed by atoms with van der Waals surface area (Å²) >= 11 is 5.89. The lowest BCUT2D eigenvalue weighted by atomic mass is 10.1. The molecule has 0 bridgehead atoms. The van der Waals surface area contributed by atoms with Crippen LogP contribution >= 0.6 is 11.6 Å². The molecular formula is C23H29ClN2O2. The summed E-state index contributed by atoms with van der Waals surface area (Å²) in [6, 6.07) is 15.3. The molecule has 0 unspecified atom stereocenters. The van der Waals surface area contributed by atoms with Crippen molar-refractivity contribution in [1.29, 1.82) is 0 Å². The van der Waals surface area contributed by atoms with Crippen LogP contribution in [0.25, 0.3) is 0 Å². The fourth-order valence-corrected chi connectivity index (χ4v) is 2.82. The Morgan fingerprint density at radius 3 is 2.36 bits per heavy atom. The number of carbonyl (C=O) groups excluding carboxylic acids is 1. The van der Waals surface area contributed by atoms with Crippen LogP contribution in [0.5, 0.6) is 5.75 Å². The molecule has 4 nitrogen and oxygen atoms in total. The van der Waals surface area contributed by atoms with Crippen molar-refractivity contribution in [3.8, 4) is 5.75 Å². The van der Waals surface area contributed by atoms with E-state index in [2.05, 4.69) is 17.5 Å². The van der Waals surface area contributed by atoms with Gasteiger partial charge in [0, 0.05) is 11.4 Å². The molecular weight excluding hydrogens is 372 g/mol. The number of benzene rings is 2. The number of carbonyl (C=O) groups is 1. The fourth-order valence-electron chi connectivity index (χ4n) is 2.70. The maximum absolute atomic E-state index is 11.9. The van der Waals surface area contributed by atoms with E-state index in [-0.39, 0.29) is 5.91 Å². The molecule has 0 saturated carbocycles. The molecule has 28 heavy (non-hydrogen) atoms. The molecule has 2 aromatic rings. The predicted octanol–water partition coefficient (Wildman–Crippen LogP) is 6.12. The summed E-state index contributed by atoms with van der Waals surface area (Å²) < 4.78 is 5.78. The van der Waals surface area contributed by atoms with E-state index < -0.39 is 0 Å². The zero-order valence-corrected chi connectivity index (χ0v) is 17.5. The number of amides is 1. The Bertz CT molecular complexity index is 755. The molecule has 0 aliphatic heterocycles. The van der Waals surface area contributed by atoms with Crippen molar-refractivity contribution in [2.24, 2.45) is 5.10 Å². The first-order valence-corrected chi connectivity index (χ1v) is 10.3. The van der Waals surface area contributed by atoms with Crippen LogP contribution in [0.15, 0.2) is 53.6 Å². The van der Waals surface area contributed by atoms with Gasteiger partial charge in [0.25, 0.3) is 0 Å². The zero-order chi connectivity index (χ0) is 20.2. The van der Waals surface area contributed by atoms with Gasteiger partial charge in [0.2, 0.25) is 5.91 Å². The molecule has 0 fully saturated rings. The van der Waals surface area contributed by atoms with Gasteiger partial charge in [-0.15, -0.1) is 0 Å². The minimum absolute atomic E-state index is 0.0289. The van der Waals surface area contributed by atoms with Gasteiger partial charge in [-0.05, 0) is 60.9 Å². The van der Waals surface area contributed by atoms with Crippen molar-refractivity contribution in [2.75, 3.05) is 0 Å². The lowest BCUT2D eigenvalue weighted by Gasteiger charge is -2.08. The van der Waals surface area contributed by atoms with Crippen LogP contribution in [0.4, 0.5) is 0 Å². The topological polar surface area (TPSA) is 50.7 Å². The molecule has 1 amide bonds. The van der Waals surface area contributed by atoms with Crippen LogP contribution in [0.2, 0.25) is 5.02 Å². The number of halogens is 1. The number of nitrogens with zero attached hydrogens (tertiary/aromatic N) is 1. The normalized spacial score (nSPS) is 11.3. The predicted molar refractivity (Wildman–Crippen MR) is 116 cm³/mol. The summed E-state index contributed by atoms with van der Waals surface area (Å²) in [6.07, 6.45) is 6.18. The van der Waals surface area contributed by atoms with Crippen molar-refractivity contribution in [3.05, 3.63) is 64.7 Å². The Labute approximate surface area is 172 Å². The van der Waals surface area contributed by atoms with E-state index in [0.717, 1.165) is 35.4 Å². The number of unbranched alkanes of at least 4 members (excludes halogenated alkanes) is 4. The SMILES string of the molecule is CCCCCCCC(=O)N/N=C(\C)c1ccc(OCc2ccc(Cl)cc2)cc1. The van der Waals surface area contributed by atoms with Gasteiger partial charge in [-0.25, -0.2) is 5.43 Å². The Morgan fingerprint density at radius 1 is 1.00 bits per heavy atom. The highest BCUT2D eigenvalue weighted by molar-refractivity contribution is 6.30. The summed E-state index contributed by atoms with van der Waals surface area (Å²) in [4.78, 5) is 11.9. The van der Waals surface area contributed by atoms with Crippen molar-refractivity contribution in [1.82, 2.24) is 5.43 Å². The number of hydrogen-bond donors (Lipinski definition) is 1. The molecule has 0 radical (unpaired) electrons. The largest absolute Gasteiger partial charge is 0.489 e. The van der Waals surface area contributed by atoms with Crippen molar-refractivity contribution in [2.45, 2.75) is 59.0 Å². The van der Waals surface area contributed by atoms with E-state index in [4.69, 9.17) is 16.3 Å². The Morgan fingerprint density at radius 2 is 1.68 bits per heavy atom. The molecule has 2 rings (SSSR count). The number of hydrazone groups is 1. The number of nitrogens with one attached hydrogen (secondary N) is 1. The van der Waals surface area contributed by atoms with Gasteiger partial charge < -0.3 is 4.74 Å². The second kappa shape index (κ2) is 12.2. The number of hydrogen-bond acceptors (Lipinski definition) is 3. The van der Waals surface area contributed by atoms with Gasteiger partial charge in [-0.2, -0.15) is 5.10 Å². The molecule has 0 saturated heterocycles. The molecule has 0 atom stereocenters. The van der Waals surface area contributed by atoms with E-state index >= 15 is 0 Å². The molecule has 0 heterocycles. The summed E-state index contributed by atoms with van der Waals surface area (Å²) in [6.45, 7) is 4.55. The highest BCUT2D eigenvalue weighted by Gasteiger charge is 2.03. The maximum Gasteiger partial charge on any atom is 0.240 e. The molecule has 2 aromatic carbocycles. The molecule has 1 N–H and O–H groups in total. The minimum atomic E-state index is -0.0289. The first-order chi connectivity index (χ1) is 13.6. The highest BCUT2D eigenvalue weighted by Crippen LogP contribution is 2.16. The lowest BCUT2D eigenvalue weighted by molar-refractivity contribution is -0.121. The van der Waals surface area contributed by atoms with Crippen LogP contribution in [-0.4, -0.2) is 11.6 Å². The summed E-state index contributed by atoms with van der Waals surface area (Å²) in [5, 5.41) is 4.92. The molecule has 0 aromatic heterocycles. The Kier molecular flexibility index (Phi) is 9.56. The molecule has 0 spiro atoms. The quantitative estimate of drug-likeness (QED) is 0.280. The summed E-state index contributed by atoms with van der Waals surface area (Å²) in [5.74, 6) is 0.751. The van der Waals surface area contributed by atoms with Crippen molar-refractivity contribution in [3.63, 3.8) is 0 Å². The first kappa shape index (κ1) is 22.0. The molecule has 0 aliphatic rings. The Balaban J connectivity index is 1.77. The smallest absolute Gasteiger partial charge is 0.240 e. The average Bonchev–Trinajstić information content (AvgIpc) is 2.72. The third-order valence-electron chi connectivity index (χ3n) is 4.45. The van der Waals surface area contributed by atoms with E-state index in [0.29, 0.717) is 18.1 Å². The Hall–Kier alpha value is -2.33. The molecule has 0 aliphatic carbocycles. The fraction of sp³-hybridized carbons (Fsp3) is 0.391. The highest BCUT2D eigenvalue weighted by atomic mass is 35.5. The first-order valence-electron chi connectivity index (χ1n) is 9.89. The van der Waals surface area contributed by atoms with Gasteiger partial charge >= 0.3 is 0 Å². The van der Waals surface area contributed by atoms with Crippen LogP contribution in [0, 0.1) is 0 Å². The van der Waals surface area contributed by atoms with Crippen molar-refractivity contribution >= 4 is 23.2 Å². The van der Waals surface area contributed by atoms with E-state index in [1.807, 2.05) is 55.5 Å². The second-order valence-electron chi connectivity index (χ2n) is 6.84. The molecule has 150 valence electrons. The maximum atomic E-state index is 11.9. The van der Waals surface area contributed by atoms with Crippen LogP contribution in [0.1, 0.15) is 63.5 Å². The van der Waals surface area contributed by atoms with E-state index in [1.54, 1.807) is 0 Å². The van der Waals surface area contributed by atoms with E-state index in [9.17, 15) is 4.79 Å². The van der Waals surface area contributed by atoms with Gasteiger partial charge in [-0.3, -0.25) is 4.79 Å². The van der Waals surface area contributed by atoms with Crippen molar-refractivity contribution < 1.29 is 9.53 Å². The number of ether oxygens (including phenoxy) is 1. The monoisotopic (exact) mass is 400 g/mol. The van der Waals surface area contributed by atoms with Crippen LogP contribution < -0.4 is 10.2 Å². The zero-order valence-electron chi connectivity index (χ0n) is 16.7. The summed E-state index contributed by atoms with van der Waals surface area (Å²) in [7, 11) is 0. The lowest BCUT2D eigenvalue weighted by Crippen LogP contribution is -2.18. The number of rotatable bonds is 11. The van der Waals surface area contributed by atoms with Gasteiger partial charge in [0.1, 0.15) is 12.4 Å². The average molecular weight is 401 g/mol. The van der Waals surface area contributed by atoms with Crippen LogP contribution in [-0.2, 0) is 11.4 Å². The minimum Gasteiger partial charge on any atom is -0.489 e. The summed E-state index contributed by atoms with van der Waals surface area (Å²) in [5.41, 5.74) is 5.42. The van der Waals surface area contributed by atoms with Gasteiger partial charge in [-0.1, -0.05) is 56.3 Å². The second-order valence-corrected chi connectivity index (χ2v) is 7.27. The third kappa shape index (κ3) is 8.13. The van der Waals surface area contributed by atoms with Gasteiger partial charge in [0.05, 0.1) is 5.71 Å². The van der Waals surface area contributed by atoms with Crippen LogP contribution in [0.3, 0.4) is 0 Å². The molecule has 5 heteroatoms. The van der Waals surface area contributed by atoms with E-state index in [1.165, 1.54) is 19.3 Å².